The first-order chi connectivity index (χ1) is 10.7. The van der Waals surface area contributed by atoms with Crippen molar-refractivity contribution in [3.05, 3.63) is 28.7 Å². The molecule has 2 aliphatic heterocycles. The zero-order chi connectivity index (χ0) is 15.5. The van der Waals surface area contributed by atoms with Crippen LogP contribution < -0.4 is 15.0 Å². The second-order valence-corrected chi connectivity index (χ2v) is 5.89. The first kappa shape index (κ1) is 14.9. The number of nitrogens with one attached hydrogen (secondary N) is 1. The van der Waals surface area contributed by atoms with Gasteiger partial charge in [-0.15, -0.1) is 0 Å². The average molecular weight is 320 g/mol. The maximum absolute atomic E-state index is 11.6. The smallest absolute Gasteiger partial charge is 0.290 e. The van der Waals surface area contributed by atoms with Crippen LogP contribution in [0.15, 0.2) is 23.1 Å². The molecule has 2 fully saturated rings. The number of rotatable bonds is 3. The fourth-order valence-corrected chi connectivity index (χ4v) is 3.07. The summed E-state index contributed by atoms with van der Waals surface area (Å²) in [6.45, 7) is 3.12. The minimum Gasteiger partial charge on any atom is -0.496 e. The molecule has 2 heterocycles. The highest BCUT2D eigenvalue weighted by Crippen LogP contribution is 2.31. The summed E-state index contributed by atoms with van der Waals surface area (Å²) >= 11 is 0.899. The molecule has 1 aromatic carbocycles. The molecule has 3 rings (SSSR count). The van der Waals surface area contributed by atoms with Gasteiger partial charge in [-0.05, 0) is 30.0 Å². The van der Waals surface area contributed by atoms with Gasteiger partial charge in [0.15, 0.2) is 0 Å². The highest BCUT2D eigenvalue weighted by Gasteiger charge is 2.25. The highest BCUT2D eigenvalue weighted by atomic mass is 32.2. The Bertz CT molecular complexity index is 638. The summed E-state index contributed by atoms with van der Waals surface area (Å²) in [6.07, 6.45) is 1.67. The number of carbonyl (C=O) groups excluding carboxylic acids is 2. The van der Waals surface area contributed by atoms with Gasteiger partial charge in [-0.25, -0.2) is 0 Å². The van der Waals surface area contributed by atoms with Crippen LogP contribution in [0, 0.1) is 0 Å². The molecule has 0 unspecified atom stereocenters. The van der Waals surface area contributed by atoms with Crippen molar-refractivity contribution in [2.75, 3.05) is 38.3 Å². The molecule has 0 aliphatic carbocycles. The fraction of sp³-hybridized carbons (Fsp3) is 0.333. The standard InChI is InChI=1S/C15H16N2O4S/c1-20-12-9-11(17-4-6-21-7-5-17)3-2-10(12)8-13-14(18)16-15(19)22-13/h2-3,8-9H,4-7H2,1H3,(H,16,18,19). The molecule has 0 radical (unpaired) electrons. The van der Waals surface area contributed by atoms with E-state index in [2.05, 4.69) is 10.2 Å². The van der Waals surface area contributed by atoms with E-state index in [-0.39, 0.29) is 11.1 Å². The molecular formula is C15H16N2O4S. The van der Waals surface area contributed by atoms with Gasteiger partial charge >= 0.3 is 0 Å². The van der Waals surface area contributed by atoms with Crippen LogP contribution in [-0.4, -0.2) is 44.6 Å². The van der Waals surface area contributed by atoms with Crippen molar-refractivity contribution in [3.63, 3.8) is 0 Å². The molecule has 22 heavy (non-hydrogen) atoms. The summed E-state index contributed by atoms with van der Waals surface area (Å²) in [7, 11) is 1.59. The highest BCUT2D eigenvalue weighted by molar-refractivity contribution is 8.18. The molecule has 0 saturated carbocycles. The molecule has 0 bridgehead atoms. The number of imide groups is 1. The molecule has 2 amide bonds. The number of nitrogens with zero attached hydrogens (tertiary/aromatic N) is 1. The van der Waals surface area contributed by atoms with Crippen LogP contribution >= 0.6 is 11.8 Å². The summed E-state index contributed by atoms with van der Waals surface area (Å²) in [5, 5.41) is 1.89. The third-order valence-electron chi connectivity index (χ3n) is 3.52. The van der Waals surface area contributed by atoms with Crippen LogP contribution in [0.2, 0.25) is 0 Å². The van der Waals surface area contributed by atoms with Gasteiger partial charge in [0.1, 0.15) is 5.75 Å². The number of thioether (sulfide) groups is 1. The van der Waals surface area contributed by atoms with E-state index in [1.807, 2.05) is 18.2 Å². The van der Waals surface area contributed by atoms with Crippen LogP contribution in [-0.2, 0) is 9.53 Å². The van der Waals surface area contributed by atoms with E-state index in [9.17, 15) is 9.59 Å². The number of methoxy groups -OCH3 is 1. The Kier molecular flexibility index (Phi) is 4.35. The van der Waals surface area contributed by atoms with Gasteiger partial charge in [0.25, 0.3) is 11.1 Å². The molecular weight excluding hydrogens is 304 g/mol. The Morgan fingerprint density at radius 1 is 1.32 bits per heavy atom. The van der Waals surface area contributed by atoms with Gasteiger partial charge < -0.3 is 14.4 Å². The summed E-state index contributed by atoms with van der Waals surface area (Å²) in [5.74, 6) is 0.304. The molecule has 1 N–H and O–H groups in total. The van der Waals surface area contributed by atoms with Crippen LogP contribution in [0.25, 0.3) is 6.08 Å². The summed E-state index contributed by atoms with van der Waals surface area (Å²) in [4.78, 5) is 25.4. The molecule has 6 nitrogen and oxygen atoms in total. The molecule has 2 saturated heterocycles. The van der Waals surface area contributed by atoms with E-state index in [0.29, 0.717) is 23.9 Å². The van der Waals surface area contributed by atoms with Gasteiger partial charge in [-0.2, -0.15) is 0 Å². The summed E-state index contributed by atoms with van der Waals surface area (Å²) in [6, 6.07) is 5.82. The van der Waals surface area contributed by atoms with E-state index in [4.69, 9.17) is 9.47 Å². The minimum atomic E-state index is -0.366. The lowest BCUT2D eigenvalue weighted by atomic mass is 10.1. The Hall–Kier alpha value is -1.99. The molecule has 0 spiro atoms. The second kappa shape index (κ2) is 6.41. The van der Waals surface area contributed by atoms with E-state index >= 15 is 0 Å². The van der Waals surface area contributed by atoms with E-state index in [0.717, 1.165) is 36.1 Å². The number of morpholine rings is 1. The zero-order valence-corrected chi connectivity index (χ0v) is 12.9. The number of ether oxygens (including phenoxy) is 2. The first-order valence-corrected chi connectivity index (χ1v) is 7.74. The Balaban J connectivity index is 1.87. The molecule has 1 aromatic rings. The first-order valence-electron chi connectivity index (χ1n) is 6.93. The monoisotopic (exact) mass is 320 g/mol. The van der Waals surface area contributed by atoms with Crippen LogP contribution in [0.5, 0.6) is 5.75 Å². The molecule has 0 atom stereocenters. The molecule has 2 aliphatic rings. The largest absolute Gasteiger partial charge is 0.496 e. The van der Waals surface area contributed by atoms with Crippen LogP contribution in [0.4, 0.5) is 10.5 Å². The lowest BCUT2D eigenvalue weighted by molar-refractivity contribution is -0.115. The SMILES string of the molecule is COc1cc(N2CCOCC2)ccc1C=C1SC(=O)NC1=O. The number of anilines is 1. The molecule has 0 aromatic heterocycles. The Labute approximate surface area is 132 Å². The predicted molar refractivity (Wildman–Crippen MR) is 85.1 cm³/mol. The summed E-state index contributed by atoms with van der Waals surface area (Å²) in [5.41, 5.74) is 1.83. The van der Waals surface area contributed by atoms with Gasteiger partial charge in [-0.1, -0.05) is 0 Å². The molecule has 7 heteroatoms. The Morgan fingerprint density at radius 3 is 2.73 bits per heavy atom. The average Bonchev–Trinajstić information content (AvgIpc) is 2.86. The van der Waals surface area contributed by atoms with E-state index in [1.54, 1.807) is 13.2 Å². The Morgan fingerprint density at radius 2 is 2.09 bits per heavy atom. The van der Waals surface area contributed by atoms with E-state index < -0.39 is 0 Å². The normalized spacial score (nSPS) is 20.4. The maximum Gasteiger partial charge on any atom is 0.290 e. The van der Waals surface area contributed by atoms with Crippen molar-refractivity contribution in [1.82, 2.24) is 5.32 Å². The van der Waals surface area contributed by atoms with Crippen molar-refractivity contribution in [3.8, 4) is 5.75 Å². The number of amides is 2. The molecule has 116 valence electrons. The van der Waals surface area contributed by atoms with Gasteiger partial charge in [0, 0.05) is 30.4 Å². The van der Waals surface area contributed by atoms with E-state index in [1.165, 1.54) is 0 Å². The third kappa shape index (κ3) is 3.10. The lowest BCUT2D eigenvalue weighted by Crippen LogP contribution is -2.36. The van der Waals surface area contributed by atoms with Crippen molar-refractivity contribution < 1.29 is 19.1 Å². The number of hydrogen-bond acceptors (Lipinski definition) is 6. The summed E-state index contributed by atoms with van der Waals surface area (Å²) < 4.78 is 10.8. The topological polar surface area (TPSA) is 67.9 Å². The van der Waals surface area contributed by atoms with Gasteiger partial charge in [0.2, 0.25) is 0 Å². The third-order valence-corrected chi connectivity index (χ3v) is 4.33. The fourth-order valence-electron chi connectivity index (χ4n) is 2.40. The maximum atomic E-state index is 11.6. The number of benzene rings is 1. The number of carbonyl (C=O) groups is 2. The minimum absolute atomic E-state index is 0.347. The number of hydrogen-bond donors (Lipinski definition) is 1. The zero-order valence-electron chi connectivity index (χ0n) is 12.1. The van der Waals surface area contributed by atoms with Crippen LogP contribution in [0.1, 0.15) is 5.56 Å². The van der Waals surface area contributed by atoms with Crippen molar-refractivity contribution >= 4 is 34.7 Å². The van der Waals surface area contributed by atoms with Crippen molar-refractivity contribution in [2.45, 2.75) is 0 Å². The van der Waals surface area contributed by atoms with Crippen molar-refractivity contribution in [1.29, 1.82) is 0 Å². The van der Waals surface area contributed by atoms with Gasteiger partial charge in [0.05, 0.1) is 25.2 Å². The second-order valence-electron chi connectivity index (χ2n) is 4.88. The van der Waals surface area contributed by atoms with Crippen LogP contribution in [0.3, 0.4) is 0 Å². The lowest BCUT2D eigenvalue weighted by Gasteiger charge is -2.29. The van der Waals surface area contributed by atoms with Gasteiger partial charge in [-0.3, -0.25) is 14.9 Å². The quantitative estimate of drug-likeness (QED) is 0.858. The van der Waals surface area contributed by atoms with Crippen molar-refractivity contribution in [2.24, 2.45) is 0 Å². The predicted octanol–water partition coefficient (Wildman–Crippen LogP) is 1.86.